The molecule has 1 aliphatic heterocycles. The number of rotatable bonds is 5. The van der Waals surface area contributed by atoms with Crippen molar-refractivity contribution in [3.63, 3.8) is 0 Å². The van der Waals surface area contributed by atoms with E-state index in [-0.39, 0.29) is 11.6 Å². The second-order valence-electron chi connectivity index (χ2n) is 5.81. The molecule has 1 aromatic carbocycles. The second kappa shape index (κ2) is 7.69. The fraction of sp³-hybridized carbons (Fsp3) is 0.158. The zero-order valence-corrected chi connectivity index (χ0v) is 14.4. The monoisotopic (exact) mass is 363 g/mol. The zero-order chi connectivity index (χ0) is 18.5. The number of hydrogen-bond acceptors (Lipinski definition) is 7. The molecule has 4 rings (SSSR count). The summed E-state index contributed by atoms with van der Waals surface area (Å²) in [4.78, 5) is 24.6. The van der Waals surface area contributed by atoms with Crippen molar-refractivity contribution in [3.8, 4) is 11.5 Å². The van der Waals surface area contributed by atoms with Crippen LogP contribution in [0.5, 0.6) is 11.5 Å². The Morgan fingerprint density at radius 3 is 2.70 bits per heavy atom. The van der Waals surface area contributed by atoms with Gasteiger partial charge in [0.1, 0.15) is 24.7 Å². The van der Waals surface area contributed by atoms with E-state index in [1.165, 1.54) is 12.4 Å². The normalized spacial score (nSPS) is 12.3. The summed E-state index contributed by atoms with van der Waals surface area (Å²) < 4.78 is 11.1. The van der Waals surface area contributed by atoms with Crippen LogP contribution in [0.3, 0.4) is 0 Å². The number of carbonyl (C=O) groups excluding carboxylic acids is 1. The predicted molar refractivity (Wildman–Crippen MR) is 98.2 cm³/mol. The number of anilines is 2. The average molecular weight is 363 g/mol. The average Bonchev–Trinajstić information content (AvgIpc) is 2.73. The summed E-state index contributed by atoms with van der Waals surface area (Å²) in [7, 11) is 0. The van der Waals surface area contributed by atoms with Crippen molar-refractivity contribution in [2.75, 3.05) is 18.5 Å². The predicted octanol–water partition coefficient (Wildman–Crippen LogP) is 2.32. The zero-order valence-electron chi connectivity index (χ0n) is 14.4. The largest absolute Gasteiger partial charge is 0.486 e. The van der Waals surface area contributed by atoms with Gasteiger partial charge >= 0.3 is 0 Å². The van der Waals surface area contributed by atoms with Crippen LogP contribution >= 0.6 is 0 Å². The molecule has 3 heterocycles. The van der Waals surface area contributed by atoms with Gasteiger partial charge in [-0.05, 0) is 23.8 Å². The molecule has 0 radical (unpaired) electrons. The molecular weight excluding hydrogens is 346 g/mol. The number of hydrogen-bond donors (Lipinski definition) is 2. The highest BCUT2D eigenvalue weighted by atomic mass is 16.6. The first-order valence-corrected chi connectivity index (χ1v) is 8.44. The molecule has 0 fully saturated rings. The number of aromatic nitrogens is 3. The molecule has 8 nitrogen and oxygen atoms in total. The Labute approximate surface area is 155 Å². The molecule has 0 spiro atoms. The van der Waals surface area contributed by atoms with Crippen LogP contribution in [0.2, 0.25) is 0 Å². The van der Waals surface area contributed by atoms with Gasteiger partial charge in [0.25, 0.3) is 5.91 Å². The molecule has 27 heavy (non-hydrogen) atoms. The minimum absolute atomic E-state index is 0.242. The van der Waals surface area contributed by atoms with E-state index in [1.807, 2.05) is 30.3 Å². The molecule has 2 aromatic heterocycles. The summed E-state index contributed by atoms with van der Waals surface area (Å²) in [5.41, 5.74) is 1.95. The highest BCUT2D eigenvalue weighted by molar-refractivity contribution is 5.92. The van der Waals surface area contributed by atoms with Gasteiger partial charge in [-0.15, -0.1) is 0 Å². The van der Waals surface area contributed by atoms with Gasteiger partial charge in [0.15, 0.2) is 11.5 Å². The summed E-state index contributed by atoms with van der Waals surface area (Å²) in [5.74, 6) is 1.64. The second-order valence-corrected chi connectivity index (χ2v) is 5.81. The van der Waals surface area contributed by atoms with Crippen LogP contribution in [0.15, 0.2) is 55.1 Å². The quantitative estimate of drug-likeness (QED) is 0.718. The van der Waals surface area contributed by atoms with E-state index in [2.05, 4.69) is 25.6 Å². The van der Waals surface area contributed by atoms with E-state index in [9.17, 15) is 4.79 Å². The lowest BCUT2D eigenvalue weighted by atomic mass is 10.2. The topological polar surface area (TPSA) is 98.3 Å². The van der Waals surface area contributed by atoms with Crippen molar-refractivity contribution >= 4 is 17.4 Å². The lowest BCUT2D eigenvalue weighted by molar-refractivity contribution is 0.0945. The highest BCUT2D eigenvalue weighted by Crippen LogP contribution is 2.33. The summed E-state index contributed by atoms with van der Waals surface area (Å²) >= 11 is 0. The summed E-state index contributed by atoms with van der Waals surface area (Å²) in [6, 6.07) is 9.25. The van der Waals surface area contributed by atoms with E-state index < -0.39 is 0 Å². The fourth-order valence-electron chi connectivity index (χ4n) is 2.55. The van der Waals surface area contributed by atoms with Crippen LogP contribution in [-0.4, -0.2) is 34.1 Å². The summed E-state index contributed by atoms with van der Waals surface area (Å²) in [6.45, 7) is 1.46. The van der Waals surface area contributed by atoms with E-state index in [0.29, 0.717) is 31.3 Å². The SMILES string of the molecule is O=C(NCc1cccnc1)c1cnc(Nc2ccc3c(c2)OCCO3)cn1. The van der Waals surface area contributed by atoms with Crippen molar-refractivity contribution in [2.45, 2.75) is 6.54 Å². The van der Waals surface area contributed by atoms with Crippen molar-refractivity contribution in [3.05, 3.63) is 66.4 Å². The first-order valence-electron chi connectivity index (χ1n) is 8.44. The fourth-order valence-corrected chi connectivity index (χ4v) is 2.55. The van der Waals surface area contributed by atoms with E-state index >= 15 is 0 Å². The molecule has 0 saturated heterocycles. The van der Waals surface area contributed by atoms with Crippen LogP contribution in [0.1, 0.15) is 16.1 Å². The molecule has 2 N–H and O–H groups in total. The van der Waals surface area contributed by atoms with Gasteiger partial charge in [-0.25, -0.2) is 9.97 Å². The number of benzene rings is 1. The maximum Gasteiger partial charge on any atom is 0.271 e. The third-order valence-corrected chi connectivity index (χ3v) is 3.87. The van der Waals surface area contributed by atoms with Crippen LogP contribution in [0, 0.1) is 0 Å². The highest BCUT2D eigenvalue weighted by Gasteiger charge is 2.12. The molecule has 8 heteroatoms. The van der Waals surface area contributed by atoms with Crippen molar-refractivity contribution in [1.29, 1.82) is 0 Å². The molecule has 3 aromatic rings. The van der Waals surface area contributed by atoms with Gasteiger partial charge in [-0.3, -0.25) is 9.78 Å². The van der Waals surface area contributed by atoms with Crippen LogP contribution in [0.4, 0.5) is 11.5 Å². The van der Waals surface area contributed by atoms with E-state index in [0.717, 1.165) is 17.0 Å². The molecule has 0 bridgehead atoms. The van der Waals surface area contributed by atoms with Crippen molar-refractivity contribution < 1.29 is 14.3 Å². The summed E-state index contributed by atoms with van der Waals surface area (Å²) in [5, 5.41) is 5.92. The Balaban J connectivity index is 1.38. The summed E-state index contributed by atoms with van der Waals surface area (Å²) in [6.07, 6.45) is 6.32. The maximum absolute atomic E-state index is 12.2. The number of nitrogens with zero attached hydrogens (tertiary/aromatic N) is 3. The maximum atomic E-state index is 12.2. The van der Waals surface area contributed by atoms with Crippen LogP contribution in [0.25, 0.3) is 0 Å². The van der Waals surface area contributed by atoms with Gasteiger partial charge in [0.2, 0.25) is 0 Å². The Bertz CT molecular complexity index is 932. The van der Waals surface area contributed by atoms with E-state index in [4.69, 9.17) is 9.47 Å². The smallest absolute Gasteiger partial charge is 0.271 e. The Morgan fingerprint density at radius 2 is 1.93 bits per heavy atom. The van der Waals surface area contributed by atoms with Gasteiger partial charge in [-0.1, -0.05) is 6.07 Å². The lowest BCUT2D eigenvalue weighted by Gasteiger charge is -2.19. The van der Waals surface area contributed by atoms with Gasteiger partial charge in [0.05, 0.1) is 12.4 Å². The van der Waals surface area contributed by atoms with Gasteiger partial charge < -0.3 is 20.1 Å². The van der Waals surface area contributed by atoms with Gasteiger partial charge in [0, 0.05) is 30.7 Å². The number of nitrogens with one attached hydrogen (secondary N) is 2. The molecular formula is C19H17N5O3. The number of fused-ring (bicyclic) bond motifs is 1. The number of ether oxygens (including phenoxy) is 2. The standard InChI is InChI=1S/C19H17N5O3/c25-19(23-10-13-2-1-5-20-9-13)15-11-22-18(12-21-15)24-14-3-4-16-17(8-14)27-7-6-26-16/h1-5,8-9,11-12H,6-7,10H2,(H,22,24)(H,23,25). The number of carbonyl (C=O) groups is 1. The minimum atomic E-state index is -0.294. The molecule has 0 atom stereocenters. The molecule has 136 valence electrons. The number of amides is 1. The van der Waals surface area contributed by atoms with Crippen molar-refractivity contribution in [1.82, 2.24) is 20.3 Å². The van der Waals surface area contributed by atoms with Gasteiger partial charge in [-0.2, -0.15) is 0 Å². The first kappa shape index (κ1) is 16.8. The molecule has 1 amide bonds. The molecule has 0 saturated carbocycles. The third-order valence-electron chi connectivity index (χ3n) is 3.87. The molecule has 0 unspecified atom stereocenters. The van der Waals surface area contributed by atoms with Crippen LogP contribution in [-0.2, 0) is 6.54 Å². The van der Waals surface area contributed by atoms with Crippen LogP contribution < -0.4 is 20.1 Å². The minimum Gasteiger partial charge on any atom is -0.486 e. The van der Waals surface area contributed by atoms with Crippen molar-refractivity contribution in [2.24, 2.45) is 0 Å². The molecule has 0 aliphatic carbocycles. The Morgan fingerprint density at radius 1 is 1.04 bits per heavy atom. The Hall–Kier alpha value is -3.68. The Kier molecular flexibility index (Phi) is 4.78. The first-order chi connectivity index (χ1) is 13.3. The number of pyridine rings is 1. The third kappa shape index (κ3) is 4.12. The lowest BCUT2D eigenvalue weighted by Crippen LogP contribution is -2.24. The molecule has 1 aliphatic rings. The van der Waals surface area contributed by atoms with E-state index in [1.54, 1.807) is 12.4 Å².